The van der Waals surface area contributed by atoms with E-state index in [4.69, 9.17) is 14.1 Å². The Kier molecular flexibility index (Phi) is 6.42. The quantitative estimate of drug-likeness (QED) is 0.358. The van der Waals surface area contributed by atoms with Crippen molar-refractivity contribution in [2.45, 2.75) is 47.1 Å². The second kappa shape index (κ2) is 9.27. The Balaban J connectivity index is 1.71. The van der Waals surface area contributed by atoms with Gasteiger partial charge in [-0.15, -0.1) is 0 Å². The molecule has 4 rings (SSSR count). The number of oxazole rings is 1. The van der Waals surface area contributed by atoms with Crippen LogP contribution in [0, 0.1) is 20.8 Å². The molecule has 0 radical (unpaired) electrons. The average molecular weight is 510 g/mol. The average Bonchev–Trinajstić information content (AvgIpc) is 3.21. The standard InChI is InChI=1S/C24H24BrN5O3/c1-13(2)23-27-10-14(3)22(29-23)19-9-18(6-7-26-19)30-15(4)8-20(21(25)24(30)31)33-12-17-11-32-16(5)28-17/h6-11,13H,12H2,1-5H3. The molecule has 4 aromatic rings. The maximum Gasteiger partial charge on any atom is 0.273 e. The molecule has 4 aromatic heterocycles. The topological polar surface area (TPSA) is 95.9 Å². The minimum atomic E-state index is -0.235. The van der Waals surface area contributed by atoms with Gasteiger partial charge in [0.2, 0.25) is 0 Å². The van der Waals surface area contributed by atoms with Crippen LogP contribution in [0.25, 0.3) is 17.1 Å². The van der Waals surface area contributed by atoms with Gasteiger partial charge >= 0.3 is 0 Å². The molecule has 0 unspecified atom stereocenters. The fourth-order valence-corrected chi connectivity index (χ4v) is 3.82. The number of aromatic nitrogens is 5. The van der Waals surface area contributed by atoms with E-state index >= 15 is 0 Å². The van der Waals surface area contributed by atoms with E-state index in [0.29, 0.717) is 38.9 Å². The summed E-state index contributed by atoms with van der Waals surface area (Å²) in [7, 11) is 0. The first kappa shape index (κ1) is 22.8. The van der Waals surface area contributed by atoms with Gasteiger partial charge in [-0.1, -0.05) is 13.8 Å². The van der Waals surface area contributed by atoms with E-state index in [1.807, 2.05) is 46.0 Å². The highest BCUT2D eigenvalue weighted by Crippen LogP contribution is 2.27. The van der Waals surface area contributed by atoms with Gasteiger partial charge in [0.1, 0.15) is 34.6 Å². The van der Waals surface area contributed by atoms with Crippen LogP contribution in [-0.2, 0) is 6.61 Å². The highest BCUT2D eigenvalue weighted by molar-refractivity contribution is 9.10. The molecule has 0 atom stereocenters. The Bertz CT molecular complexity index is 1380. The van der Waals surface area contributed by atoms with E-state index in [1.165, 1.54) is 6.26 Å². The van der Waals surface area contributed by atoms with Crippen molar-refractivity contribution in [2.75, 3.05) is 0 Å². The van der Waals surface area contributed by atoms with Gasteiger partial charge in [-0.05, 0) is 47.5 Å². The number of nitrogens with zero attached hydrogens (tertiary/aromatic N) is 5. The van der Waals surface area contributed by atoms with Crippen LogP contribution >= 0.6 is 15.9 Å². The molecule has 0 aliphatic heterocycles. The van der Waals surface area contributed by atoms with Crippen LogP contribution in [0.2, 0.25) is 0 Å². The molecule has 0 N–H and O–H groups in total. The van der Waals surface area contributed by atoms with Crippen molar-refractivity contribution in [3.8, 4) is 22.8 Å². The van der Waals surface area contributed by atoms with E-state index in [-0.39, 0.29) is 18.1 Å². The third-order valence-corrected chi connectivity index (χ3v) is 5.82. The lowest BCUT2D eigenvalue weighted by molar-refractivity contribution is 0.297. The van der Waals surface area contributed by atoms with Crippen molar-refractivity contribution < 1.29 is 9.15 Å². The highest BCUT2D eigenvalue weighted by Gasteiger charge is 2.16. The zero-order valence-corrected chi connectivity index (χ0v) is 20.7. The molecule has 0 bridgehead atoms. The lowest BCUT2D eigenvalue weighted by atomic mass is 10.1. The largest absolute Gasteiger partial charge is 0.486 e. The molecule has 170 valence electrons. The molecule has 0 spiro atoms. The first-order chi connectivity index (χ1) is 15.7. The van der Waals surface area contributed by atoms with Crippen LogP contribution < -0.4 is 10.3 Å². The van der Waals surface area contributed by atoms with Crippen molar-refractivity contribution in [3.63, 3.8) is 0 Å². The molecule has 0 saturated carbocycles. The Hall–Kier alpha value is -3.33. The maximum absolute atomic E-state index is 13.2. The number of pyridine rings is 2. The minimum absolute atomic E-state index is 0.196. The first-order valence-electron chi connectivity index (χ1n) is 10.5. The predicted molar refractivity (Wildman–Crippen MR) is 128 cm³/mol. The summed E-state index contributed by atoms with van der Waals surface area (Å²) in [6.07, 6.45) is 5.02. The van der Waals surface area contributed by atoms with Gasteiger partial charge in [0.25, 0.3) is 5.56 Å². The third kappa shape index (κ3) is 4.73. The Morgan fingerprint density at radius 1 is 1.15 bits per heavy atom. The molecular weight excluding hydrogens is 486 g/mol. The van der Waals surface area contributed by atoms with Gasteiger partial charge in [0.05, 0.1) is 17.1 Å². The van der Waals surface area contributed by atoms with Crippen LogP contribution in [0.4, 0.5) is 0 Å². The Labute approximate surface area is 199 Å². The molecule has 0 aliphatic carbocycles. The zero-order valence-electron chi connectivity index (χ0n) is 19.1. The summed E-state index contributed by atoms with van der Waals surface area (Å²) in [5.74, 6) is 1.95. The van der Waals surface area contributed by atoms with Crippen molar-refractivity contribution in [1.82, 2.24) is 24.5 Å². The summed E-state index contributed by atoms with van der Waals surface area (Å²) in [5, 5.41) is 0. The molecule has 0 fully saturated rings. The second-order valence-electron chi connectivity index (χ2n) is 8.06. The monoisotopic (exact) mass is 509 g/mol. The van der Waals surface area contributed by atoms with Gasteiger partial charge in [-0.2, -0.15) is 0 Å². The number of hydrogen-bond donors (Lipinski definition) is 0. The van der Waals surface area contributed by atoms with Crippen LogP contribution in [0.5, 0.6) is 5.75 Å². The molecule has 8 nitrogen and oxygen atoms in total. The van der Waals surface area contributed by atoms with Gasteiger partial charge in [-0.25, -0.2) is 15.0 Å². The summed E-state index contributed by atoms with van der Waals surface area (Å²) in [5.41, 5.74) is 4.17. The normalized spacial score (nSPS) is 11.2. The van der Waals surface area contributed by atoms with E-state index in [0.717, 1.165) is 17.1 Å². The van der Waals surface area contributed by atoms with Crippen molar-refractivity contribution in [2.24, 2.45) is 0 Å². The number of aryl methyl sites for hydroxylation is 3. The Morgan fingerprint density at radius 2 is 1.94 bits per heavy atom. The number of rotatable bonds is 6. The SMILES string of the molecule is Cc1nc(COc2cc(C)n(-c3ccnc(-c4nc(C(C)C)ncc4C)c3)c(=O)c2Br)co1. The second-order valence-corrected chi connectivity index (χ2v) is 8.86. The van der Waals surface area contributed by atoms with Crippen LogP contribution in [0.15, 0.2) is 50.5 Å². The maximum atomic E-state index is 13.2. The van der Waals surface area contributed by atoms with Crippen LogP contribution in [0.3, 0.4) is 0 Å². The zero-order chi connectivity index (χ0) is 23.7. The molecule has 0 amide bonds. The molecule has 0 aliphatic rings. The summed E-state index contributed by atoms with van der Waals surface area (Å²) >= 11 is 3.40. The summed E-state index contributed by atoms with van der Waals surface area (Å²) < 4.78 is 13.0. The van der Waals surface area contributed by atoms with Crippen LogP contribution in [0.1, 0.15) is 48.4 Å². The van der Waals surface area contributed by atoms with Gasteiger partial charge < -0.3 is 9.15 Å². The third-order valence-electron chi connectivity index (χ3n) is 5.09. The van der Waals surface area contributed by atoms with Gasteiger partial charge in [0.15, 0.2) is 5.89 Å². The van der Waals surface area contributed by atoms with Crippen molar-refractivity contribution in [3.05, 3.63) is 80.3 Å². The first-order valence-corrected chi connectivity index (χ1v) is 11.3. The lowest BCUT2D eigenvalue weighted by Gasteiger charge is -2.15. The van der Waals surface area contributed by atoms with E-state index < -0.39 is 0 Å². The summed E-state index contributed by atoms with van der Waals surface area (Å²) in [6, 6.07) is 5.47. The summed E-state index contributed by atoms with van der Waals surface area (Å²) in [6.45, 7) is 9.86. The van der Waals surface area contributed by atoms with Gasteiger partial charge in [0, 0.05) is 37.0 Å². The molecule has 0 aromatic carbocycles. The van der Waals surface area contributed by atoms with Crippen LogP contribution in [-0.4, -0.2) is 24.5 Å². The molecular formula is C24H24BrN5O3. The number of hydrogen-bond acceptors (Lipinski definition) is 7. The summed E-state index contributed by atoms with van der Waals surface area (Å²) in [4.78, 5) is 31.1. The minimum Gasteiger partial charge on any atom is -0.486 e. The van der Waals surface area contributed by atoms with Gasteiger partial charge in [-0.3, -0.25) is 14.3 Å². The fourth-order valence-electron chi connectivity index (χ4n) is 3.41. The predicted octanol–water partition coefficient (Wildman–Crippen LogP) is 5.07. The highest BCUT2D eigenvalue weighted by atomic mass is 79.9. The van der Waals surface area contributed by atoms with E-state index in [2.05, 4.69) is 30.9 Å². The van der Waals surface area contributed by atoms with E-state index in [1.54, 1.807) is 23.8 Å². The van der Waals surface area contributed by atoms with Crippen molar-refractivity contribution >= 4 is 15.9 Å². The molecule has 0 saturated heterocycles. The van der Waals surface area contributed by atoms with E-state index in [9.17, 15) is 4.79 Å². The molecule has 33 heavy (non-hydrogen) atoms. The number of halogens is 1. The Morgan fingerprint density at radius 3 is 2.64 bits per heavy atom. The van der Waals surface area contributed by atoms with Crippen molar-refractivity contribution in [1.29, 1.82) is 0 Å². The molecule has 9 heteroatoms. The number of ether oxygens (including phenoxy) is 1. The molecule has 4 heterocycles. The fraction of sp³-hybridized carbons (Fsp3) is 0.292. The lowest BCUT2D eigenvalue weighted by Crippen LogP contribution is -2.22. The smallest absolute Gasteiger partial charge is 0.273 e.